The van der Waals surface area contributed by atoms with Crippen molar-refractivity contribution in [3.63, 3.8) is 0 Å². The molecule has 154 valence electrons. The van der Waals surface area contributed by atoms with Crippen molar-refractivity contribution in [2.75, 3.05) is 38.7 Å². The van der Waals surface area contributed by atoms with Gasteiger partial charge < -0.3 is 20.1 Å². The average molecular weight is 398 g/mol. The summed E-state index contributed by atoms with van der Waals surface area (Å²) in [5.41, 5.74) is 0.441. The molecular weight excluding hydrogens is 372 g/mol. The number of nitrogens with one attached hydrogen (secondary N) is 2. The number of pyridine rings is 1. The van der Waals surface area contributed by atoms with Gasteiger partial charge >= 0.3 is 11.8 Å². The third kappa shape index (κ3) is 6.55. The van der Waals surface area contributed by atoms with Gasteiger partial charge in [0.25, 0.3) is 0 Å². The maximum atomic E-state index is 12.3. The third-order valence-electron chi connectivity index (χ3n) is 4.62. The van der Waals surface area contributed by atoms with Crippen molar-refractivity contribution in [1.82, 2.24) is 15.2 Å². The van der Waals surface area contributed by atoms with Crippen molar-refractivity contribution < 1.29 is 19.1 Å². The maximum absolute atomic E-state index is 12.3. The van der Waals surface area contributed by atoms with E-state index in [-0.39, 0.29) is 6.04 Å². The van der Waals surface area contributed by atoms with Crippen molar-refractivity contribution >= 4 is 17.5 Å². The number of likely N-dealkylation sites (tertiary alicyclic amines) is 1. The molecule has 0 bridgehead atoms. The number of hydrogen-bond acceptors (Lipinski definition) is 6. The Bertz CT molecular complexity index is 815. The molecule has 1 aliphatic heterocycles. The van der Waals surface area contributed by atoms with E-state index in [2.05, 4.69) is 20.5 Å². The van der Waals surface area contributed by atoms with Gasteiger partial charge in [0.05, 0.1) is 6.61 Å². The van der Waals surface area contributed by atoms with Crippen molar-refractivity contribution in [2.45, 2.75) is 18.9 Å². The fraction of sp³-hybridized carbons (Fsp3) is 0.381. The van der Waals surface area contributed by atoms with Crippen LogP contribution in [-0.4, -0.2) is 61.1 Å². The number of nitrogens with zero attached hydrogens (tertiary/aromatic N) is 2. The fourth-order valence-electron chi connectivity index (χ4n) is 3.19. The highest BCUT2D eigenvalue weighted by molar-refractivity contribution is 6.39. The van der Waals surface area contributed by atoms with E-state index in [1.54, 1.807) is 31.4 Å². The lowest BCUT2D eigenvalue weighted by Crippen LogP contribution is -2.50. The number of carbonyl (C=O) groups is 2. The van der Waals surface area contributed by atoms with Gasteiger partial charge in [-0.25, -0.2) is 4.98 Å². The van der Waals surface area contributed by atoms with Crippen LogP contribution in [0.2, 0.25) is 0 Å². The number of hydrogen-bond donors (Lipinski definition) is 2. The molecule has 1 aromatic carbocycles. The molecule has 8 nitrogen and oxygen atoms in total. The number of benzene rings is 1. The molecule has 1 aliphatic rings. The number of carbonyl (C=O) groups excluding carboxylic acids is 2. The number of piperidine rings is 1. The molecule has 0 spiro atoms. The number of rotatable bonds is 7. The van der Waals surface area contributed by atoms with E-state index in [0.717, 1.165) is 25.9 Å². The first kappa shape index (κ1) is 20.8. The summed E-state index contributed by atoms with van der Waals surface area (Å²) in [7, 11) is 1.67. The number of ether oxygens (including phenoxy) is 2. The molecule has 1 fully saturated rings. The summed E-state index contributed by atoms with van der Waals surface area (Å²) in [5.74, 6) is -0.395. The van der Waals surface area contributed by atoms with E-state index in [1.165, 1.54) is 6.20 Å². The number of aromatic nitrogens is 1. The first-order valence-corrected chi connectivity index (χ1v) is 9.66. The Morgan fingerprint density at radius 3 is 2.83 bits per heavy atom. The molecule has 2 amide bonds. The van der Waals surface area contributed by atoms with Crippen LogP contribution in [0.25, 0.3) is 0 Å². The van der Waals surface area contributed by atoms with E-state index in [1.807, 2.05) is 18.2 Å². The zero-order valence-corrected chi connectivity index (χ0v) is 16.5. The van der Waals surface area contributed by atoms with E-state index in [0.29, 0.717) is 30.5 Å². The van der Waals surface area contributed by atoms with Crippen LogP contribution in [0.1, 0.15) is 12.8 Å². The van der Waals surface area contributed by atoms with Gasteiger partial charge in [0.2, 0.25) is 5.88 Å². The molecule has 0 aliphatic carbocycles. The second kappa shape index (κ2) is 10.5. The number of amides is 2. The van der Waals surface area contributed by atoms with Crippen LogP contribution in [0.5, 0.6) is 11.6 Å². The van der Waals surface area contributed by atoms with Crippen LogP contribution >= 0.6 is 0 Å². The topological polar surface area (TPSA) is 92.8 Å². The first-order valence-electron chi connectivity index (χ1n) is 9.66. The lowest BCUT2D eigenvalue weighted by atomic mass is 10.1. The van der Waals surface area contributed by atoms with E-state index < -0.39 is 11.8 Å². The molecule has 2 heterocycles. The summed E-state index contributed by atoms with van der Waals surface area (Å²) in [4.78, 5) is 30.9. The SMILES string of the molecule is COCCN1CCCC(NC(=O)C(=O)Nc2ccnc(Oc3ccccc3)c2)C1. The number of para-hydroxylation sites is 1. The predicted molar refractivity (Wildman–Crippen MR) is 109 cm³/mol. The van der Waals surface area contributed by atoms with Crippen LogP contribution < -0.4 is 15.4 Å². The van der Waals surface area contributed by atoms with Gasteiger partial charge in [0.1, 0.15) is 5.75 Å². The summed E-state index contributed by atoms with van der Waals surface area (Å²) in [5, 5.41) is 5.42. The number of anilines is 1. The molecule has 1 saturated heterocycles. The molecule has 0 saturated carbocycles. The highest BCUT2D eigenvalue weighted by atomic mass is 16.5. The molecule has 2 N–H and O–H groups in total. The fourth-order valence-corrected chi connectivity index (χ4v) is 3.19. The maximum Gasteiger partial charge on any atom is 0.313 e. The highest BCUT2D eigenvalue weighted by Gasteiger charge is 2.24. The van der Waals surface area contributed by atoms with Gasteiger partial charge in [-0.15, -0.1) is 0 Å². The Kier molecular flexibility index (Phi) is 7.54. The minimum atomic E-state index is -0.712. The van der Waals surface area contributed by atoms with Gasteiger partial charge in [-0.3, -0.25) is 14.5 Å². The zero-order chi connectivity index (χ0) is 20.5. The van der Waals surface area contributed by atoms with E-state index >= 15 is 0 Å². The van der Waals surface area contributed by atoms with E-state index in [9.17, 15) is 9.59 Å². The van der Waals surface area contributed by atoms with E-state index in [4.69, 9.17) is 9.47 Å². The summed E-state index contributed by atoms with van der Waals surface area (Å²) in [6, 6.07) is 12.3. The van der Waals surface area contributed by atoms with Crippen LogP contribution in [0.4, 0.5) is 5.69 Å². The van der Waals surface area contributed by atoms with Crippen LogP contribution in [0.3, 0.4) is 0 Å². The molecule has 3 rings (SSSR count). The Hall–Kier alpha value is -2.97. The van der Waals surface area contributed by atoms with Gasteiger partial charge in [-0.2, -0.15) is 0 Å². The first-order chi connectivity index (χ1) is 14.1. The monoisotopic (exact) mass is 398 g/mol. The molecule has 1 aromatic heterocycles. The molecule has 29 heavy (non-hydrogen) atoms. The molecule has 1 unspecified atom stereocenters. The second-order valence-electron chi connectivity index (χ2n) is 6.86. The predicted octanol–water partition coefficient (Wildman–Crippen LogP) is 2.04. The van der Waals surface area contributed by atoms with Crippen LogP contribution in [0.15, 0.2) is 48.7 Å². The highest BCUT2D eigenvalue weighted by Crippen LogP contribution is 2.21. The van der Waals surface area contributed by atoms with Gasteiger partial charge in [0.15, 0.2) is 0 Å². The lowest BCUT2D eigenvalue weighted by Gasteiger charge is -2.32. The molecule has 2 aromatic rings. The van der Waals surface area contributed by atoms with Crippen LogP contribution in [0, 0.1) is 0 Å². The summed E-state index contributed by atoms with van der Waals surface area (Å²) in [6.07, 6.45) is 3.34. The number of methoxy groups -OCH3 is 1. The summed E-state index contributed by atoms with van der Waals surface area (Å²) < 4.78 is 10.8. The Labute approximate surface area is 170 Å². The van der Waals surface area contributed by atoms with Crippen LogP contribution in [-0.2, 0) is 14.3 Å². The van der Waals surface area contributed by atoms with Gasteiger partial charge in [-0.1, -0.05) is 18.2 Å². The lowest BCUT2D eigenvalue weighted by molar-refractivity contribution is -0.136. The second-order valence-corrected chi connectivity index (χ2v) is 6.86. The van der Waals surface area contributed by atoms with Crippen molar-refractivity contribution in [3.05, 3.63) is 48.7 Å². The average Bonchev–Trinajstić information content (AvgIpc) is 2.73. The Balaban J connectivity index is 1.51. The van der Waals surface area contributed by atoms with Gasteiger partial charge in [-0.05, 0) is 37.6 Å². The normalized spacial score (nSPS) is 16.8. The summed E-state index contributed by atoms with van der Waals surface area (Å²) in [6.45, 7) is 3.16. The van der Waals surface area contributed by atoms with Crippen molar-refractivity contribution in [3.8, 4) is 11.6 Å². The summed E-state index contributed by atoms with van der Waals surface area (Å²) >= 11 is 0. The molecule has 8 heteroatoms. The quantitative estimate of drug-likeness (QED) is 0.694. The van der Waals surface area contributed by atoms with Gasteiger partial charge in [0, 0.05) is 44.2 Å². The third-order valence-corrected chi connectivity index (χ3v) is 4.62. The minimum absolute atomic E-state index is 0.0479. The largest absolute Gasteiger partial charge is 0.439 e. The van der Waals surface area contributed by atoms with Crippen molar-refractivity contribution in [2.24, 2.45) is 0 Å². The zero-order valence-electron chi connectivity index (χ0n) is 16.5. The molecule has 1 atom stereocenters. The smallest absolute Gasteiger partial charge is 0.313 e. The molecule has 0 radical (unpaired) electrons. The Morgan fingerprint density at radius 2 is 2.03 bits per heavy atom. The molecular formula is C21H26N4O4. The minimum Gasteiger partial charge on any atom is -0.439 e. The standard InChI is InChI=1S/C21H26N4O4/c1-28-13-12-25-11-5-6-17(15-25)24-21(27)20(26)23-16-9-10-22-19(14-16)29-18-7-3-2-4-8-18/h2-4,7-10,14,17H,5-6,11-13,15H2,1H3,(H,24,27)(H,22,23,26). The Morgan fingerprint density at radius 1 is 1.21 bits per heavy atom. The van der Waals surface area contributed by atoms with Crippen molar-refractivity contribution in [1.29, 1.82) is 0 Å².